The van der Waals surface area contributed by atoms with E-state index in [1.807, 2.05) is 24.3 Å². The van der Waals surface area contributed by atoms with Gasteiger partial charge in [0, 0.05) is 4.47 Å². The maximum Gasteiger partial charge on any atom is 0.0725 e. The highest BCUT2D eigenvalue weighted by molar-refractivity contribution is 9.10. The van der Waals surface area contributed by atoms with Gasteiger partial charge in [0.15, 0.2) is 0 Å². The summed E-state index contributed by atoms with van der Waals surface area (Å²) in [5.41, 5.74) is 4.49. The molecule has 0 aromatic heterocycles. The van der Waals surface area contributed by atoms with Crippen molar-refractivity contribution in [2.75, 3.05) is 0 Å². The van der Waals surface area contributed by atoms with Gasteiger partial charge in [-0.15, -0.1) is 0 Å². The Morgan fingerprint density at radius 1 is 1.05 bits per heavy atom. The molecular weight excluding hydrogens is 370 g/mol. The quantitative estimate of drug-likeness (QED) is 0.583. The van der Waals surface area contributed by atoms with Gasteiger partial charge in [-0.2, -0.15) is 0 Å². The highest BCUT2D eigenvalue weighted by Crippen LogP contribution is 2.34. The lowest BCUT2D eigenvalue weighted by atomic mass is 9.99. The zero-order chi connectivity index (χ0) is 14.0. The second kappa shape index (κ2) is 6.44. The van der Waals surface area contributed by atoms with Crippen molar-refractivity contribution in [3.63, 3.8) is 0 Å². The Hall–Kier alpha value is -0.290. The molecule has 2 aromatic rings. The van der Waals surface area contributed by atoms with Crippen LogP contribution in [0.25, 0.3) is 0 Å². The molecule has 0 amide bonds. The van der Waals surface area contributed by atoms with Crippen LogP contribution in [0.5, 0.6) is 0 Å². The molecule has 0 saturated heterocycles. The number of hydrogen-bond donors (Lipinski definition) is 2. The van der Waals surface area contributed by atoms with E-state index in [1.165, 1.54) is 0 Å². The number of hydrazine groups is 1. The van der Waals surface area contributed by atoms with E-state index >= 15 is 0 Å². The minimum absolute atomic E-state index is 0.264. The summed E-state index contributed by atoms with van der Waals surface area (Å²) < 4.78 is 0.812. The number of halogens is 4. The SMILES string of the molecule is NNC(c1ccc(Cl)c(Cl)c1)c1cccc(Br)c1Cl. The molecule has 0 aliphatic carbocycles. The van der Waals surface area contributed by atoms with Crippen molar-refractivity contribution in [2.24, 2.45) is 5.84 Å². The first kappa shape index (κ1) is 15.1. The van der Waals surface area contributed by atoms with Crippen LogP contribution < -0.4 is 11.3 Å². The summed E-state index contributed by atoms with van der Waals surface area (Å²) in [4.78, 5) is 0. The van der Waals surface area contributed by atoms with E-state index in [9.17, 15) is 0 Å². The third-order valence-corrected chi connectivity index (χ3v) is 4.79. The molecule has 0 bridgehead atoms. The summed E-state index contributed by atoms with van der Waals surface area (Å²) in [6.45, 7) is 0. The molecule has 2 aromatic carbocycles. The van der Waals surface area contributed by atoms with Crippen molar-refractivity contribution < 1.29 is 0 Å². The molecule has 0 spiro atoms. The summed E-state index contributed by atoms with van der Waals surface area (Å²) >= 11 is 21.6. The molecule has 0 heterocycles. The Morgan fingerprint density at radius 3 is 2.42 bits per heavy atom. The fourth-order valence-corrected chi connectivity index (χ4v) is 2.72. The molecule has 3 N–H and O–H groups in total. The Bertz CT molecular complexity index is 604. The van der Waals surface area contributed by atoms with Crippen LogP contribution >= 0.6 is 50.7 Å². The largest absolute Gasteiger partial charge is 0.271 e. The highest BCUT2D eigenvalue weighted by Gasteiger charge is 2.17. The van der Waals surface area contributed by atoms with Crippen LogP contribution in [-0.2, 0) is 0 Å². The van der Waals surface area contributed by atoms with Gasteiger partial charge in [0.05, 0.1) is 21.1 Å². The Balaban J connectivity index is 2.50. The van der Waals surface area contributed by atoms with Gasteiger partial charge in [-0.05, 0) is 45.3 Å². The van der Waals surface area contributed by atoms with Crippen molar-refractivity contribution in [1.82, 2.24) is 5.43 Å². The van der Waals surface area contributed by atoms with Gasteiger partial charge in [-0.25, -0.2) is 5.43 Å². The van der Waals surface area contributed by atoms with E-state index in [0.717, 1.165) is 15.6 Å². The molecule has 0 aliphatic heterocycles. The first-order valence-electron chi connectivity index (χ1n) is 5.39. The van der Waals surface area contributed by atoms with E-state index in [-0.39, 0.29) is 6.04 Å². The maximum atomic E-state index is 6.29. The molecule has 2 rings (SSSR count). The minimum atomic E-state index is -0.264. The molecule has 1 unspecified atom stereocenters. The summed E-state index contributed by atoms with van der Waals surface area (Å²) in [6.07, 6.45) is 0. The summed E-state index contributed by atoms with van der Waals surface area (Å²) in [6, 6.07) is 10.8. The number of rotatable bonds is 3. The van der Waals surface area contributed by atoms with Gasteiger partial charge in [-0.3, -0.25) is 5.84 Å². The van der Waals surface area contributed by atoms with Gasteiger partial charge in [0.25, 0.3) is 0 Å². The number of nitrogens with one attached hydrogen (secondary N) is 1. The predicted octanol–water partition coefficient (Wildman–Crippen LogP) is 4.96. The van der Waals surface area contributed by atoms with E-state index in [0.29, 0.717) is 15.1 Å². The Kier molecular flexibility index (Phi) is 5.12. The molecule has 1 atom stereocenters. The lowest BCUT2D eigenvalue weighted by molar-refractivity contribution is 0.637. The zero-order valence-corrected chi connectivity index (χ0v) is 13.5. The van der Waals surface area contributed by atoms with Gasteiger partial charge < -0.3 is 0 Å². The van der Waals surface area contributed by atoms with Crippen LogP contribution in [0.3, 0.4) is 0 Å². The topological polar surface area (TPSA) is 38.0 Å². The number of benzene rings is 2. The lowest BCUT2D eigenvalue weighted by Crippen LogP contribution is -2.29. The summed E-state index contributed by atoms with van der Waals surface area (Å²) in [7, 11) is 0. The van der Waals surface area contributed by atoms with Crippen molar-refractivity contribution in [3.8, 4) is 0 Å². The molecular formula is C13H10BrCl3N2. The van der Waals surface area contributed by atoms with E-state index < -0.39 is 0 Å². The fraction of sp³-hybridized carbons (Fsp3) is 0.0769. The van der Waals surface area contributed by atoms with E-state index in [4.69, 9.17) is 40.6 Å². The lowest BCUT2D eigenvalue weighted by Gasteiger charge is -2.19. The Morgan fingerprint density at radius 2 is 1.79 bits per heavy atom. The van der Waals surface area contributed by atoms with E-state index in [1.54, 1.807) is 12.1 Å². The maximum absolute atomic E-state index is 6.29. The smallest absolute Gasteiger partial charge is 0.0725 e. The molecule has 0 saturated carbocycles. The third kappa shape index (κ3) is 3.24. The van der Waals surface area contributed by atoms with Gasteiger partial charge in [0.2, 0.25) is 0 Å². The molecule has 0 radical (unpaired) electrons. The van der Waals surface area contributed by atoms with Gasteiger partial charge in [0.1, 0.15) is 0 Å². The van der Waals surface area contributed by atoms with Crippen molar-refractivity contribution in [3.05, 3.63) is 67.1 Å². The minimum Gasteiger partial charge on any atom is -0.271 e. The average molecular weight is 380 g/mol. The van der Waals surface area contributed by atoms with Crippen LogP contribution in [0, 0.1) is 0 Å². The number of hydrogen-bond acceptors (Lipinski definition) is 2. The van der Waals surface area contributed by atoms with Crippen LogP contribution in [0.15, 0.2) is 40.9 Å². The molecule has 0 aliphatic rings. The first-order valence-corrected chi connectivity index (χ1v) is 7.32. The van der Waals surface area contributed by atoms with Gasteiger partial charge in [-0.1, -0.05) is 53.0 Å². The van der Waals surface area contributed by atoms with Crippen LogP contribution in [0.4, 0.5) is 0 Å². The zero-order valence-electron chi connectivity index (χ0n) is 9.63. The second-order valence-electron chi connectivity index (χ2n) is 3.92. The van der Waals surface area contributed by atoms with Gasteiger partial charge >= 0.3 is 0 Å². The number of nitrogens with two attached hydrogens (primary N) is 1. The standard InChI is InChI=1S/C13H10BrCl3N2/c14-9-3-1-2-8(12(9)17)13(19-18)7-4-5-10(15)11(16)6-7/h1-6,13,19H,18H2. The van der Waals surface area contributed by atoms with Crippen LogP contribution in [0.1, 0.15) is 17.2 Å². The molecule has 0 fully saturated rings. The third-order valence-electron chi connectivity index (χ3n) is 2.74. The highest BCUT2D eigenvalue weighted by atomic mass is 79.9. The van der Waals surface area contributed by atoms with Crippen molar-refractivity contribution in [2.45, 2.75) is 6.04 Å². The molecule has 2 nitrogen and oxygen atoms in total. The first-order chi connectivity index (χ1) is 9.04. The average Bonchev–Trinajstić information content (AvgIpc) is 2.39. The normalized spacial score (nSPS) is 12.5. The van der Waals surface area contributed by atoms with Crippen molar-refractivity contribution in [1.29, 1.82) is 0 Å². The van der Waals surface area contributed by atoms with Crippen LogP contribution in [-0.4, -0.2) is 0 Å². The molecule has 100 valence electrons. The van der Waals surface area contributed by atoms with Crippen LogP contribution in [0.2, 0.25) is 15.1 Å². The summed E-state index contributed by atoms with van der Waals surface area (Å²) in [5, 5.41) is 1.59. The monoisotopic (exact) mass is 378 g/mol. The Labute approximate surface area is 134 Å². The molecule has 19 heavy (non-hydrogen) atoms. The van der Waals surface area contributed by atoms with E-state index in [2.05, 4.69) is 21.4 Å². The fourth-order valence-electron chi connectivity index (χ4n) is 1.80. The summed E-state index contributed by atoms with van der Waals surface area (Å²) in [5.74, 6) is 5.64. The van der Waals surface area contributed by atoms with Crippen molar-refractivity contribution >= 4 is 50.7 Å². The second-order valence-corrected chi connectivity index (χ2v) is 5.96. The predicted molar refractivity (Wildman–Crippen MR) is 84.8 cm³/mol. The molecule has 6 heteroatoms.